The number of anilines is 2. The first kappa shape index (κ1) is 21.7. The fraction of sp³-hybridized carbons (Fsp3) is 0.238. The summed E-state index contributed by atoms with van der Waals surface area (Å²) in [4.78, 5) is 8.76. The van der Waals surface area contributed by atoms with Crippen molar-refractivity contribution >= 4 is 21.7 Å². The van der Waals surface area contributed by atoms with E-state index in [9.17, 15) is 8.42 Å². The van der Waals surface area contributed by atoms with E-state index in [0.29, 0.717) is 24.2 Å². The van der Waals surface area contributed by atoms with Gasteiger partial charge in [-0.1, -0.05) is 13.8 Å². The highest BCUT2D eigenvalue weighted by Crippen LogP contribution is 2.23. The molecule has 0 spiro atoms. The number of hydrogen-bond acceptors (Lipinski definition) is 7. The highest BCUT2D eigenvalue weighted by molar-refractivity contribution is 7.89. The molecule has 3 rings (SSSR count). The molecule has 0 bridgehead atoms. The average Bonchev–Trinajstić information content (AvgIpc) is 2.72. The van der Waals surface area contributed by atoms with Crippen LogP contribution in [0.2, 0.25) is 0 Å². The van der Waals surface area contributed by atoms with Gasteiger partial charge in [-0.15, -0.1) is 0 Å². The molecule has 0 aliphatic rings. The third-order valence-electron chi connectivity index (χ3n) is 4.54. The molecule has 9 heteroatoms. The van der Waals surface area contributed by atoms with Crippen LogP contribution < -0.4 is 20.9 Å². The number of nitrogens with two attached hydrogens (primary N) is 2. The Balaban J connectivity index is 1.69. The van der Waals surface area contributed by atoms with Crippen LogP contribution >= 0.6 is 0 Å². The lowest BCUT2D eigenvalue weighted by molar-refractivity contribution is 0.259. The van der Waals surface area contributed by atoms with E-state index in [1.54, 1.807) is 24.4 Å². The molecule has 3 aromatic rings. The van der Waals surface area contributed by atoms with Crippen molar-refractivity contribution in [1.29, 1.82) is 0 Å². The van der Waals surface area contributed by atoms with Crippen molar-refractivity contribution in [3.63, 3.8) is 0 Å². The molecule has 30 heavy (non-hydrogen) atoms. The van der Waals surface area contributed by atoms with Gasteiger partial charge in [-0.25, -0.2) is 23.5 Å². The van der Waals surface area contributed by atoms with E-state index in [2.05, 4.69) is 29.1 Å². The molecule has 1 atom stereocenters. The molecule has 1 aromatic heterocycles. The Morgan fingerprint density at radius 3 is 2.30 bits per heavy atom. The van der Waals surface area contributed by atoms with Crippen LogP contribution in [0.1, 0.15) is 13.8 Å². The molecule has 0 saturated carbocycles. The quantitative estimate of drug-likeness (QED) is 0.503. The predicted octanol–water partition coefficient (Wildman–Crippen LogP) is 2.90. The summed E-state index contributed by atoms with van der Waals surface area (Å²) in [6.45, 7) is 4.58. The van der Waals surface area contributed by atoms with Gasteiger partial charge < -0.3 is 15.8 Å². The Hall–Kier alpha value is -3.01. The third-order valence-corrected chi connectivity index (χ3v) is 5.47. The van der Waals surface area contributed by atoms with E-state index in [1.807, 2.05) is 24.3 Å². The smallest absolute Gasteiger partial charge is 0.238 e. The topological polar surface area (TPSA) is 133 Å². The maximum absolute atomic E-state index is 11.3. The molecular weight excluding hydrogens is 402 g/mol. The first-order valence-electron chi connectivity index (χ1n) is 9.44. The van der Waals surface area contributed by atoms with Gasteiger partial charge in [0, 0.05) is 23.5 Å². The van der Waals surface area contributed by atoms with Crippen molar-refractivity contribution in [2.75, 3.05) is 11.9 Å². The maximum Gasteiger partial charge on any atom is 0.238 e. The maximum atomic E-state index is 11.3. The van der Waals surface area contributed by atoms with Crippen molar-refractivity contribution in [1.82, 2.24) is 9.97 Å². The zero-order chi connectivity index (χ0) is 21.7. The number of primary sulfonamides is 1. The molecule has 1 heterocycles. The molecule has 0 unspecified atom stereocenters. The lowest BCUT2D eigenvalue weighted by atomic mass is 10.1. The van der Waals surface area contributed by atoms with Crippen LogP contribution in [-0.4, -0.2) is 31.0 Å². The minimum atomic E-state index is -3.73. The van der Waals surface area contributed by atoms with Gasteiger partial charge in [0.2, 0.25) is 16.0 Å². The van der Waals surface area contributed by atoms with Crippen LogP contribution in [-0.2, 0) is 10.0 Å². The molecule has 0 radical (unpaired) electrons. The number of sulfonamides is 1. The van der Waals surface area contributed by atoms with Gasteiger partial charge in [0.1, 0.15) is 12.4 Å². The molecule has 0 saturated heterocycles. The van der Waals surface area contributed by atoms with Crippen molar-refractivity contribution < 1.29 is 13.2 Å². The van der Waals surface area contributed by atoms with Crippen LogP contribution in [0.15, 0.2) is 65.7 Å². The zero-order valence-corrected chi connectivity index (χ0v) is 17.6. The van der Waals surface area contributed by atoms with E-state index in [1.165, 1.54) is 12.1 Å². The Bertz CT molecular complexity index is 1080. The fourth-order valence-corrected chi connectivity index (χ4v) is 3.06. The van der Waals surface area contributed by atoms with Gasteiger partial charge in [-0.2, -0.15) is 0 Å². The Kier molecular flexibility index (Phi) is 6.66. The Morgan fingerprint density at radius 2 is 1.70 bits per heavy atom. The standard InChI is InChI=1S/C21H25N5O3S/c1-14(2)19(22)13-29-17-7-3-15(4-8-17)20-11-12-24-21(26-20)25-16-5-9-18(10-6-16)30(23,27)28/h3-12,14,19H,13,22H2,1-2H3,(H2,23,27,28)(H,24,25,26)/t19-/m1/s1. The van der Waals surface area contributed by atoms with Gasteiger partial charge in [-0.3, -0.25) is 0 Å². The summed E-state index contributed by atoms with van der Waals surface area (Å²) in [5, 5.41) is 8.16. The van der Waals surface area contributed by atoms with Crippen LogP contribution in [0.3, 0.4) is 0 Å². The second kappa shape index (κ2) is 9.21. The molecule has 2 aromatic carbocycles. The third kappa shape index (κ3) is 5.76. The van der Waals surface area contributed by atoms with E-state index < -0.39 is 10.0 Å². The molecule has 5 N–H and O–H groups in total. The molecule has 0 fully saturated rings. The summed E-state index contributed by atoms with van der Waals surface area (Å²) in [5.74, 6) is 1.49. The first-order chi connectivity index (χ1) is 14.2. The number of nitrogens with one attached hydrogen (secondary N) is 1. The van der Waals surface area contributed by atoms with Gasteiger partial charge in [0.05, 0.1) is 10.6 Å². The molecule has 0 aliphatic heterocycles. The normalized spacial score (nSPS) is 12.6. The zero-order valence-electron chi connectivity index (χ0n) is 16.8. The van der Waals surface area contributed by atoms with Gasteiger partial charge in [-0.05, 0) is 60.5 Å². The lowest BCUT2D eigenvalue weighted by Gasteiger charge is -2.16. The number of nitrogens with zero attached hydrogens (tertiary/aromatic N) is 2. The highest BCUT2D eigenvalue weighted by Gasteiger charge is 2.10. The fourth-order valence-electron chi connectivity index (χ4n) is 2.54. The Labute approximate surface area is 176 Å². The largest absolute Gasteiger partial charge is 0.492 e. The summed E-state index contributed by atoms with van der Waals surface area (Å²) in [6.07, 6.45) is 1.65. The molecule has 0 aliphatic carbocycles. The predicted molar refractivity (Wildman–Crippen MR) is 117 cm³/mol. The minimum Gasteiger partial charge on any atom is -0.492 e. The summed E-state index contributed by atoms with van der Waals surface area (Å²) in [6, 6.07) is 15.4. The highest BCUT2D eigenvalue weighted by atomic mass is 32.2. The first-order valence-corrected chi connectivity index (χ1v) is 11.0. The van der Waals surface area contributed by atoms with E-state index >= 15 is 0 Å². The number of benzene rings is 2. The van der Waals surface area contributed by atoms with Crippen molar-refractivity contribution in [3.8, 4) is 17.0 Å². The molecule has 158 valence electrons. The summed E-state index contributed by atoms with van der Waals surface area (Å²) >= 11 is 0. The number of ether oxygens (including phenoxy) is 1. The Morgan fingerprint density at radius 1 is 1.03 bits per heavy atom. The van der Waals surface area contributed by atoms with Gasteiger partial charge in [0.15, 0.2) is 0 Å². The lowest BCUT2D eigenvalue weighted by Crippen LogP contribution is -2.32. The van der Waals surface area contributed by atoms with Crippen LogP contribution in [0.25, 0.3) is 11.3 Å². The number of rotatable bonds is 8. The summed E-state index contributed by atoms with van der Waals surface area (Å²) in [7, 11) is -3.73. The van der Waals surface area contributed by atoms with Crippen LogP contribution in [0.5, 0.6) is 5.75 Å². The SMILES string of the molecule is CC(C)[C@H](N)COc1ccc(-c2ccnc(Nc3ccc(S(N)(=O)=O)cc3)n2)cc1. The van der Waals surface area contributed by atoms with E-state index in [0.717, 1.165) is 17.0 Å². The minimum absolute atomic E-state index is 0.0146. The van der Waals surface area contributed by atoms with E-state index in [4.69, 9.17) is 15.6 Å². The molecular formula is C21H25N5O3S. The average molecular weight is 428 g/mol. The van der Waals surface area contributed by atoms with Gasteiger partial charge in [0.25, 0.3) is 0 Å². The monoisotopic (exact) mass is 427 g/mol. The van der Waals surface area contributed by atoms with Crippen LogP contribution in [0.4, 0.5) is 11.6 Å². The van der Waals surface area contributed by atoms with Crippen molar-refractivity contribution in [3.05, 3.63) is 60.8 Å². The van der Waals surface area contributed by atoms with Gasteiger partial charge >= 0.3 is 0 Å². The van der Waals surface area contributed by atoms with Crippen molar-refractivity contribution in [2.45, 2.75) is 24.8 Å². The molecule has 8 nitrogen and oxygen atoms in total. The summed E-state index contributed by atoms with van der Waals surface area (Å²) < 4.78 is 28.4. The second-order valence-electron chi connectivity index (χ2n) is 7.20. The number of hydrogen-bond donors (Lipinski definition) is 3. The molecule has 0 amide bonds. The number of aromatic nitrogens is 2. The van der Waals surface area contributed by atoms with Crippen molar-refractivity contribution in [2.24, 2.45) is 16.8 Å². The van der Waals surface area contributed by atoms with E-state index in [-0.39, 0.29) is 10.9 Å². The second-order valence-corrected chi connectivity index (χ2v) is 8.76. The summed E-state index contributed by atoms with van der Waals surface area (Å²) in [5.41, 5.74) is 8.30. The van der Waals surface area contributed by atoms with Crippen LogP contribution in [0, 0.1) is 5.92 Å².